The molecule has 3 rings (SSSR count). The minimum Gasteiger partial charge on any atom is -0.456 e. The van der Waals surface area contributed by atoms with E-state index in [2.05, 4.69) is 26.1 Å². The second-order valence-electron chi connectivity index (χ2n) is 9.39. The Morgan fingerprint density at radius 2 is 1.83 bits per heavy atom. The first-order valence-electron chi connectivity index (χ1n) is 10.5. The van der Waals surface area contributed by atoms with Crippen molar-refractivity contribution in [2.45, 2.75) is 58.9 Å². The van der Waals surface area contributed by atoms with Crippen LogP contribution in [0.25, 0.3) is 0 Å². The number of Topliss-reactive ketones (excluding diaryl/α,β-unsaturated/α-hetero) is 1. The zero-order chi connectivity index (χ0) is 22.1. The van der Waals surface area contributed by atoms with Crippen molar-refractivity contribution in [3.63, 3.8) is 0 Å². The van der Waals surface area contributed by atoms with E-state index in [1.807, 2.05) is 19.1 Å². The minimum atomic E-state index is -0.963. The Kier molecular flexibility index (Phi) is 6.01. The smallest absolute Gasteiger partial charge is 0.326 e. The van der Waals surface area contributed by atoms with Gasteiger partial charge < -0.3 is 10.1 Å². The Morgan fingerprint density at radius 1 is 1.17 bits per heavy atom. The monoisotopic (exact) mass is 414 g/mol. The summed E-state index contributed by atoms with van der Waals surface area (Å²) in [6.07, 6.45) is 2.93. The SMILES string of the molecule is CCc1ccc(C(=O)COC(=O)CN2C(=O)N[C@@]3(C[C@H](C)CC(C)(C)C3)C2=O)cc1. The van der Waals surface area contributed by atoms with Gasteiger partial charge in [0.1, 0.15) is 12.1 Å². The summed E-state index contributed by atoms with van der Waals surface area (Å²) in [7, 11) is 0. The van der Waals surface area contributed by atoms with Gasteiger partial charge in [-0.1, -0.05) is 52.0 Å². The molecule has 30 heavy (non-hydrogen) atoms. The summed E-state index contributed by atoms with van der Waals surface area (Å²) < 4.78 is 5.05. The number of aryl methyl sites for hydroxylation is 1. The zero-order valence-electron chi connectivity index (χ0n) is 18.1. The van der Waals surface area contributed by atoms with Crippen molar-refractivity contribution in [3.05, 3.63) is 35.4 Å². The van der Waals surface area contributed by atoms with Crippen molar-refractivity contribution >= 4 is 23.7 Å². The molecule has 0 unspecified atom stereocenters. The summed E-state index contributed by atoms with van der Waals surface area (Å²) in [4.78, 5) is 50.9. The third kappa shape index (κ3) is 4.55. The fraction of sp³-hybridized carbons (Fsp3) is 0.565. The van der Waals surface area contributed by atoms with Crippen molar-refractivity contribution in [2.75, 3.05) is 13.2 Å². The number of ketones is 1. The van der Waals surface area contributed by atoms with E-state index in [0.717, 1.165) is 23.3 Å². The highest BCUT2D eigenvalue weighted by molar-refractivity contribution is 6.09. The first-order valence-corrected chi connectivity index (χ1v) is 10.5. The Labute approximate surface area is 177 Å². The summed E-state index contributed by atoms with van der Waals surface area (Å²) in [6.45, 7) is 7.33. The van der Waals surface area contributed by atoms with E-state index < -0.39 is 30.7 Å². The second kappa shape index (κ2) is 8.20. The van der Waals surface area contributed by atoms with Gasteiger partial charge in [-0.05, 0) is 42.6 Å². The quantitative estimate of drug-likeness (QED) is 0.439. The highest BCUT2D eigenvalue weighted by atomic mass is 16.5. The number of rotatable bonds is 6. The lowest BCUT2D eigenvalue weighted by molar-refractivity contribution is -0.147. The van der Waals surface area contributed by atoms with Gasteiger partial charge in [0.2, 0.25) is 0 Å². The largest absolute Gasteiger partial charge is 0.456 e. The molecule has 0 radical (unpaired) electrons. The molecular weight excluding hydrogens is 384 g/mol. The third-order valence-corrected chi connectivity index (χ3v) is 5.96. The van der Waals surface area contributed by atoms with Crippen molar-refractivity contribution in [1.82, 2.24) is 10.2 Å². The highest BCUT2D eigenvalue weighted by Crippen LogP contribution is 2.46. The molecule has 1 aliphatic carbocycles. The van der Waals surface area contributed by atoms with Crippen LogP contribution < -0.4 is 5.32 Å². The number of amides is 3. The maximum absolute atomic E-state index is 13.0. The molecule has 1 aliphatic heterocycles. The number of ether oxygens (including phenoxy) is 1. The molecule has 7 heteroatoms. The van der Waals surface area contributed by atoms with Gasteiger partial charge in [0, 0.05) is 5.56 Å². The molecule has 1 N–H and O–H groups in total. The minimum absolute atomic E-state index is 0.0864. The van der Waals surface area contributed by atoms with Crippen LogP contribution in [-0.4, -0.2) is 47.3 Å². The second-order valence-corrected chi connectivity index (χ2v) is 9.39. The number of nitrogens with one attached hydrogen (secondary N) is 1. The van der Waals surface area contributed by atoms with E-state index in [9.17, 15) is 19.2 Å². The van der Waals surface area contributed by atoms with Crippen molar-refractivity contribution in [2.24, 2.45) is 11.3 Å². The molecule has 1 spiro atoms. The van der Waals surface area contributed by atoms with E-state index in [4.69, 9.17) is 4.74 Å². The predicted molar refractivity (Wildman–Crippen MR) is 111 cm³/mol. The first-order chi connectivity index (χ1) is 14.0. The van der Waals surface area contributed by atoms with Crippen LogP contribution in [-0.2, 0) is 20.7 Å². The summed E-state index contributed by atoms with van der Waals surface area (Å²) in [5.41, 5.74) is 0.510. The lowest BCUT2D eigenvalue weighted by atomic mass is 9.64. The molecule has 162 valence electrons. The van der Waals surface area contributed by atoms with E-state index in [-0.39, 0.29) is 23.0 Å². The number of carbonyl (C=O) groups is 4. The van der Waals surface area contributed by atoms with Crippen molar-refractivity contribution < 1.29 is 23.9 Å². The highest BCUT2D eigenvalue weighted by Gasteiger charge is 2.56. The Balaban J connectivity index is 1.59. The molecular formula is C23H30N2O5. The van der Waals surface area contributed by atoms with Gasteiger partial charge in [-0.3, -0.25) is 19.3 Å². The van der Waals surface area contributed by atoms with Crippen LogP contribution in [0, 0.1) is 11.3 Å². The van der Waals surface area contributed by atoms with Gasteiger partial charge in [-0.25, -0.2) is 4.79 Å². The average Bonchev–Trinajstić information content (AvgIpc) is 2.87. The number of carbonyl (C=O) groups excluding carboxylic acids is 4. The summed E-state index contributed by atoms with van der Waals surface area (Å²) >= 11 is 0. The van der Waals surface area contributed by atoms with Crippen LogP contribution in [0.4, 0.5) is 4.79 Å². The van der Waals surface area contributed by atoms with Gasteiger partial charge >= 0.3 is 12.0 Å². The van der Waals surface area contributed by atoms with Crippen LogP contribution in [0.15, 0.2) is 24.3 Å². The number of imide groups is 1. The fourth-order valence-electron chi connectivity index (χ4n) is 4.98. The number of benzene rings is 1. The van der Waals surface area contributed by atoms with Crippen molar-refractivity contribution in [3.8, 4) is 0 Å². The Morgan fingerprint density at radius 3 is 2.43 bits per heavy atom. The van der Waals surface area contributed by atoms with Crippen LogP contribution in [0.3, 0.4) is 0 Å². The normalized spacial score (nSPS) is 25.3. The molecule has 1 saturated heterocycles. The third-order valence-electron chi connectivity index (χ3n) is 5.96. The molecule has 3 amide bonds. The summed E-state index contributed by atoms with van der Waals surface area (Å²) in [5, 5.41) is 2.82. The van der Waals surface area contributed by atoms with E-state index in [1.54, 1.807) is 12.1 Å². The van der Waals surface area contributed by atoms with Gasteiger partial charge in [-0.2, -0.15) is 0 Å². The predicted octanol–water partition coefficient (Wildman–Crippen LogP) is 3.11. The molecule has 2 fully saturated rings. The lowest BCUT2D eigenvalue weighted by Crippen LogP contribution is -2.54. The summed E-state index contributed by atoms with van der Waals surface area (Å²) in [5.74, 6) is -1.22. The van der Waals surface area contributed by atoms with E-state index in [0.29, 0.717) is 18.4 Å². The maximum Gasteiger partial charge on any atom is 0.326 e. The van der Waals surface area contributed by atoms with Gasteiger partial charge in [0.25, 0.3) is 5.91 Å². The van der Waals surface area contributed by atoms with Crippen molar-refractivity contribution in [1.29, 1.82) is 0 Å². The Bertz CT molecular complexity index is 861. The molecule has 1 heterocycles. The van der Waals surface area contributed by atoms with Gasteiger partial charge in [0.15, 0.2) is 12.4 Å². The Hall–Kier alpha value is -2.70. The molecule has 1 aromatic rings. The number of nitrogens with zero attached hydrogens (tertiary/aromatic N) is 1. The molecule has 2 aliphatic rings. The molecule has 1 saturated carbocycles. The zero-order valence-corrected chi connectivity index (χ0v) is 18.1. The van der Waals surface area contributed by atoms with Gasteiger partial charge in [-0.15, -0.1) is 0 Å². The molecule has 0 aromatic heterocycles. The standard InChI is InChI=1S/C23H30N2O5/c1-5-16-6-8-17(9-7-16)18(26)13-30-19(27)12-25-20(28)23(24-21(25)29)11-15(2)10-22(3,4)14-23/h6-9,15H,5,10-14H2,1-4H3,(H,24,29)/t15-,23-/m1/s1. The fourth-order valence-corrected chi connectivity index (χ4v) is 4.98. The number of hydrogen-bond acceptors (Lipinski definition) is 5. The number of hydrogen-bond donors (Lipinski definition) is 1. The van der Waals surface area contributed by atoms with Gasteiger partial charge in [0.05, 0.1) is 0 Å². The van der Waals surface area contributed by atoms with Crippen LogP contribution >= 0.6 is 0 Å². The van der Waals surface area contributed by atoms with Crippen LogP contribution in [0.5, 0.6) is 0 Å². The molecule has 7 nitrogen and oxygen atoms in total. The van der Waals surface area contributed by atoms with E-state index >= 15 is 0 Å². The topological polar surface area (TPSA) is 92.8 Å². The lowest BCUT2D eigenvalue weighted by Gasteiger charge is -2.43. The molecule has 1 aromatic carbocycles. The van der Waals surface area contributed by atoms with Crippen LogP contribution in [0.2, 0.25) is 0 Å². The molecule has 2 atom stereocenters. The summed E-state index contributed by atoms with van der Waals surface area (Å²) in [6, 6.07) is 6.52. The number of urea groups is 1. The first kappa shape index (κ1) is 22.0. The average molecular weight is 415 g/mol. The number of esters is 1. The maximum atomic E-state index is 13.0. The van der Waals surface area contributed by atoms with E-state index in [1.165, 1.54) is 0 Å². The van der Waals surface area contributed by atoms with Crippen LogP contribution in [0.1, 0.15) is 62.9 Å². The molecule has 0 bridgehead atoms.